The normalized spacial score (nSPS) is 26.1. The van der Waals surface area contributed by atoms with Crippen LogP contribution in [0.3, 0.4) is 0 Å². The van der Waals surface area contributed by atoms with Crippen molar-refractivity contribution in [1.29, 1.82) is 0 Å². The number of fused-ring (bicyclic) bond motifs is 1. The Hall–Kier alpha value is -2.08. The average Bonchev–Trinajstić information content (AvgIpc) is 3.18. The van der Waals surface area contributed by atoms with E-state index in [-0.39, 0.29) is 18.4 Å². The van der Waals surface area contributed by atoms with Crippen molar-refractivity contribution in [3.05, 3.63) is 29.8 Å². The van der Waals surface area contributed by atoms with E-state index in [4.69, 9.17) is 4.74 Å². The number of hydrogen-bond donors (Lipinski definition) is 1. The summed E-state index contributed by atoms with van der Waals surface area (Å²) in [5.74, 6) is 2.19. The Morgan fingerprint density at radius 3 is 2.63 bits per heavy atom. The van der Waals surface area contributed by atoms with Crippen LogP contribution in [0.4, 0.5) is 0 Å². The molecule has 27 heavy (non-hydrogen) atoms. The van der Waals surface area contributed by atoms with E-state index < -0.39 is 0 Å². The monoisotopic (exact) mass is 371 g/mol. The molecule has 3 fully saturated rings. The fraction of sp³-hybridized carbons (Fsp3) is 0.619. The van der Waals surface area contributed by atoms with E-state index in [1.165, 1.54) is 5.56 Å². The zero-order valence-electron chi connectivity index (χ0n) is 16.0. The van der Waals surface area contributed by atoms with Gasteiger partial charge in [0.25, 0.3) is 5.91 Å². The molecule has 3 saturated heterocycles. The number of carbonyl (C=O) groups is 2. The van der Waals surface area contributed by atoms with E-state index in [0.717, 1.165) is 51.3 Å². The molecular weight excluding hydrogens is 342 g/mol. The molecule has 0 spiro atoms. The van der Waals surface area contributed by atoms with Crippen LogP contribution >= 0.6 is 0 Å². The van der Waals surface area contributed by atoms with E-state index in [0.29, 0.717) is 24.3 Å². The second-order valence-corrected chi connectivity index (χ2v) is 8.33. The van der Waals surface area contributed by atoms with E-state index in [1.807, 2.05) is 17.0 Å². The predicted octanol–water partition coefficient (Wildman–Crippen LogP) is 1.64. The maximum atomic E-state index is 12.3. The lowest BCUT2D eigenvalue weighted by Crippen LogP contribution is -2.40. The summed E-state index contributed by atoms with van der Waals surface area (Å²) in [4.78, 5) is 28.0. The summed E-state index contributed by atoms with van der Waals surface area (Å²) >= 11 is 0. The Kier molecular flexibility index (Phi) is 5.34. The number of carbonyl (C=O) groups excluding carboxylic acids is 2. The highest BCUT2D eigenvalue weighted by molar-refractivity contribution is 5.79. The smallest absolute Gasteiger partial charge is 0.260 e. The fourth-order valence-corrected chi connectivity index (χ4v) is 4.41. The van der Waals surface area contributed by atoms with Crippen molar-refractivity contribution < 1.29 is 14.3 Å². The van der Waals surface area contributed by atoms with Crippen LogP contribution in [0, 0.1) is 11.8 Å². The van der Waals surface area contributed by atoms with E-state index in [2.05, 4.69) is 29.3 Å². The number of piperidine rings is 1. The zero-order chi connectivity index (χ0) is 18.8. The third-order valence-electron chi connectivity index (χ3n) is 6.14. The van der Waals surface area contributed by atoms with E-state index in [9.17, 15) is 9.59 Å². The molecule has 6 heteroatoms. The Balaban J connectivity index is 1.22. The van der Waals surface area contributed by atoms with Crippen molar-refractivity contribution in [3.63, 3.8) is 0 Å². The number of amides is 2. The molecule has 6 nitrogen and oxygen atoms in total. The molecule has 146 valence electrons. The van der Waals surface area contributed by atoms with Crippen molar-refractivity contribution >= 4 is 11.8 Å². The molecule has 1 N–H and O–H groups in total. The largest absolute Gasteiger partial charge is 0.484 e. The van der Waals surface area contributed by atoms with Gasteiger partial charge in [-0.1, -0.05) is 19.1 Å². The third kappa shape index (κ3) is 4.43. The highest BCUT2D eigenvalue weighted by Crippen LogP contribution is 2.26. The second kappa shape index (κ2) is 7.89. The molecule has 2 atom stereocenters. The van der Waals surface area contributed by atoms with Crippen LogP contribution in [0.5, 0.6) is 5.75 Å². The minimum absolute atomic E-state index is 0.0802. The first-order valence-corrected chi connectivity index (χ1v) is 10.1. The summed E-state index contributed by atoms with van der Waals surface area (Å²) in [7, 11) is 0. The van der Waals surface area contributed by atoms with Gasteiger partial charge in [-0.3, -0.25) is 14.5 Å². The first kappa shape index (κ1) is 18.3. The third-order valence-corrected chi connectivity index (χ3v) is 6.14. The van der Waals surface area contributed by atoms with Crippen molar-refractivity contribution in [2.45, 2.75) is 38.8 Å². The van der Waals surface area contributed by atoms with Gasteiger partial charge in [-0.2, -0.15) is 0 Å². The molecule has 0 bridgehead atoms. The SMILES string of the molecule is CC1CCN(C(=O)COc2ccc(CN3C[C@@H]4CC(=O)N[C@@H]4C3)cc2)CC1. The van der Waals surface area contributed by atoms with Gasteiger partial charge in [0.1, 0.15) is 5.75 Å². The first-order chi connectivity index (χ1) is 13.1. The minimum atomic E-state index is 0.0802. The van der Waals surface area contributed by atoms with Crippen LogP contribution < -0.4 is 10.1 Å². The number of hydrogen-bond acceptors (Lipinski definition) is 4. The molecule has 0 unspecified atom stereocenters. The van der Waals surface area contributed by atoms with Crippen molar-refractivity contribution in [2.24, 2.45) is 11.8 Å². The van der Waals surface area contributed by atoms with Crippen LogP contribution in [-0.4, -0.2) is 60.4 Å². The standard InChI is InChI=1S/C21H29N3O3/c1-15-6-8-24(9-7-15)21(26)14-27-18-4-2-16(3-5-18)11-23-12-17-10-20(25)22-19(17)13-23/h2-5,15,17,19H,6-14H2,1H3,(H,22,25)/t17-,19+/m0/s1. The van der Waals surface area contributed by atoms with Gasteiger partial charge in [0.2, 0.25) is 5.91 Å². The summed E-state index contributed by atoms with van der Waals surface area (Å²) in [6.07, 6.45) is 2.84. The quantitative estimate of drug-likeness (QED) is 0.855. The molecule has 1 aromatic carbocycles. The van der Waals surface area contributed by atoms with Gasteiger partial charge >= 0.3 is 0 Å². The Bertz CT molecular complexity index is 666. The lowest BCUT2D eigenvalue weighted by atomic mass is 9.99. The van der Waals surface area contributed by atoms with Crippen LogP contribution in [0.15, 0.2) is 24.3 Å². The Morgan fingerprint density at radius 2 is 1.93 bits per heavy atom. The summed E-state index contributed by atoms with van der Waals surface area (Å²) in [6, 6.07) is 8.34. The molecule has 1 aromatic rings. The number of nitrogens with one attached hydrogen (secondary N) is 1. The van der Waals surface area contributed by atoms with Crippen LogP contribution in [-0.2, 0) is 16.1 Å². The molecule has 3 aliphatic heterocycles. The van der Waals surface area contributed by atoms with Crippen molar-refractivity contribution in [1.82, 2.24) is 15.1 Å². The first-order valence-electron chi connectivity index (χ1n) is 10.1. The molecule has 0 aliphatic carbocycles. The number of benzene rings is 1. The highest BCUT2D eigenvalue weighted by Gasteiger charge is 2.39. The maximum Gasteiger partial charge on any atom is 0.260 e. The minimum Gasteiger partial charge on any atom is -0.484 e. The highest BCUT2D eigenvalue weighted by atomic mass is 16.5. The summed E-state index contributed by atoms with van der Waals surface area (Å²) < 4.78 is 5.69. The average molecular weight is 371 g/mol. The van der Waals surface area contributed by atoms with Gasteiger partial charge in [0.05, 0.1) is 0 Å². The molecular formula is C21H29N3O3. The van der Waals surface area contributed by atoms with Crippen molar-refractivity contribution in [3.8, 4) is 5.75 Å². The maximum absolute atomic E-state index is 12.3. The van der Waals surface area contributed by atoms with Crippen LogP contribution in [0.2, 0.25) is 0 Å². The van der Waals surface area contributed by atoms with Gasteiger partial charge in [0.15, 0.2) is 6.61 Å². The lowest BCUT2D eigenvalue weighted by Gasteiger charge is -2.30. The van der Waals surface area contributed by atoms with Crippen LogP contribution in [0.1, 0.15) is 31.7 Å². The second-order valence-electron chi connectivity index (χ2n) is 8.33. The van der Waals surface area contributed by atoms with Crippen molar-refractivity contribution in [2.75, 3.05) is 32.8 Å². The summed E-state index contributed by atoms with van der Waals surface area (Å²) in [5.41, 5.74) is 1.23. The number of likely N-dealkylation sites (tertiary alicyclic amines) is 2. The molecule has 2 amide bonds. The van der Waals surface area contributed by atoms with Gasteiger partial charge in [0, 0.05) is 51.1 Å². The number of rotatable bonds is 5. The fourth-order valence-electron chi connectivity index (χ4n) is 4.41. The van der Waals surface area contributed by atoms with E-state index in [1.54, 1.807) is 0 Å². The van der Waals surface area contributed by atoms with Gasteiger partial charge in [-0.15, -0.1) is 0 Å². The van der Waals surface area contributed by atoms with Gasteiger partial charge in [-0.25, -0.2) is 0 Å². The predicted molar refractivity (Wildman–Crippen MR) is 102 cm³/mol. The molecule has 0 radical (unpaired) electrons. The lowest BCUT2D eigenvalue weighted by molar-refractivity contribution is -0.134. The zero-order valence-corrected chi connectivity index (χ0v) is 16.0. The van der Waals surface area contributed by atoms with E-state index >= 15 is 0 Å². The van der Waals surface area contributed by atoms with Gasteiger partial charge in [-0.05, 0) is 36.5 Å². The Labute approximate surface area is 160 Å². The number of ether oxygens (including phenoxy) is 1. The Morgan fingerprint density at radius 1 is 1.19 bits per heavy atom. The van der Waals surface area contributed by atoms with Gasteiger partial charge < -0.3 is 15.0 Å². The molecule has 4 rings (SSSR count). The molecule has 3 heterocycles. The molecule has 3 aliphatic rings. The molecule has 0 saturated carbocycles. The van der Waals surface area contributed by atoms with Crippen LogP contribution in [0.25, 0.3) is 0 Å². The molecule has 0 aromatic heterocycles. The summed E-state index contributed by atoms with van der Waals surface area (Å²) in [6.45, 7) is 6.84. The summed E-state index contributed by atoms with van der Waals surface area (Å²) in [5, 5.41) is 3.06. The topological polar surface area (TPSA) is 61.9 Å². The number of nitrogens with zero attached hydrogens (tertiary/aromatic N) is 2.